The SMILES string of the molecule is CC[C@H]1c2ccsc2CCN1CC(=O)N1CCNC(=O)C1. The van der Waals surface area contributed by atoms with Crippen molar-refractivity contribution in [1.29, 1.82) is 0 Å². The van der Waals surface area contributed by atoms with Gasteiger partial charge in [0.05, 0.1) is 13.1 Å². The lowest BCUT2D eigenvalue weighted by molar-refractivity contribution is -0.139. The van der Waals surface area contributed by atoms with Gasteiger partial charge in [-0.05, 0) is 29.9 Å². The number of thiophene rings is 1. The fourth-order valence-corrected chi connectivity index (χ4v) is 4.17. The number of carbonyl (C=O) groups excluding carboxylic acids is 2. The van der Waals surface area contributed by atoms with Gasteiger partial charge in [-0.1, -0.05) is 6.92 Å². The molecule has 1 aromatic rings. The van der Waals surface area contributed by atoms with E-state index < -0.39 is 0 Å². The van der Waals surface area contributed by atoms with Gasteiger partial charge in [-0.3, -0.25) is 14.5 Å². The molecule has 6 heteroatoms. The van der Waals surface area contributed by atoms with Crippen LogP contribution in [0.2, 0.25) is 0 Å². The van der Waals surface area contributed by atoms with Crippen LogP contribution in [0.5, 0.6) is 0 Å². The van der Waals surface area contributed by atoms with Crippen molar-refractivity contribution in [3.63, 3.8) is 0 Å². The van der Waals surface area contributed by atoms with Crippen LogP contribution in [0.15, 0.2) is 11.4 Å². The van der Waals surface area contributed by atoms with Crippen molar-refractivity contribution in [3.05, 3.63) is 21.9 Å². The molecule has 2 aliphatic rings. The number of hydrogen-bond acceptors (Lipinski definition) is 4. The molecular formula is C15H21N3O2S. The van der Waals surface area contributed by atoms with E-state index in [9.17, 15) is 9.59 Å². The molecule has 114 valence electrons. The number of carbonyl (C=O) groups is 2. The van der Waals surface area contributed by atoms with Gasteiger partial charge in [-0.2, -0.15) is 0 Å². The molecule has 2 aliphatic heterocycles. The van der Waals surface area contributed by atoms with E-state index >= 15 is 0 Å². The smallest absolute Gasteiger partial charge is 0.239 e. The van der Waals surface area contributed by atoms with Gasteiger partial charge in [-0.25, -0.2) is 0 Å². The standard InChI is InChI=1S/C15H21N3O2S/c1-2-12-11-4-8-21-13(11)3-6-17(12)10-15(20)18-7-5-16-14(19)9-18/h4,8,12H,2-3,5-7,9-10H2,1H3,(H,16,19)/t12-/m0/s1. The van der Waals surface area contributed by atoms with Crippen LogP contribution in [0.1, 0.15) is 29.8 Å². The summed E-state index contributed by atoms with van der Waals surface area (Å²) >= 11 is 1.82. The van der Waals surface area contributed by atoms with E-state index in [2.05, 4.69) is 28.6 Å². The molecule has 0 aliphatic carbocycles. The Bertz CT molecular complexity index is 543. The van der Waals surface area contributed by atoms with Crippen molar-refractivity contribution in [2.45, 2.75) is 25.8 Å². The van der Waals surface area contributed by atoms with Crippen LogP contribution in [0.25, 0.3) is 0 Å². The predicted octanol–water partition coefficient (Wildman–Crippen LogP) is 1.02. The summed E-state index contributed by atoms with van der Waals surface area (Å²) in [5, 5.41) is 4.90. The summed E-state index contributed by atoms with van der Waals surface area (Å²) in [5.41, 5.74) is 1.39. The molecule has 1 saturated heterocycles. The van der Waals surface area contributed by atoms with Crippen LogP contribution >= 0.6 is 11.3 Å². The van der Waals surface area contributed by atoms with Crippen molar-refractivity contribution in [3.8, 4) is 0 Å². The number of amides is 2. The van der Waals surface area contributed by atoms with Crippen molar-refractivity contribution in [2.75, 3.05) is 32.7 Å². The molecule has 3 rings (SSSR count). The topological polar surface area (TPSA) is 52.7 Å². The number of piperazine rings is 1. The average molecular weight is 307 g/mol. The second kappa shape index (κ2) is 6.15. The highest BCUT2D eigenvalue weighted by atomic mass is 32.1. The molecule has 0 radical (unpaired) electrons. The molecule has 0 unspecified atom stereocenters. The molecule has 21 heavy (non-hydrogen) atoms. The summed E-state index contributed by atoms with van der Waals surface area (Å²) in [6.45, 7) is 4.91. The molecule has 3 heterocycles. The Morgan fingerprint density at radius 1 is 1.48 bits per heavy atom. The average Bonchev–Trinajstić information content (AvgIpc) is 2.95. The number of nitrogens with one attached hydrogen (secondary N) is 1. The molecule has 0 spiro atoms. The maximum Gasteiger partial charge on any atom is 0.239 e. The number of nitrogens with zero attached hydrogens (tertiary/aromatic N) is 2. The fraction of sp³-hybridized carbons (Fsp3) is 0.600. The van der Waals surface area contributed by atoms with Crippen LogP contribution in [0.4, 0.5) is 0 Å². The van der Waals surface area contributed by atoms with E-state index in [0.717, 1.165) is 19.4 Å². The highest BCUT2D eigenvalue weighted by Crippen LogP contribution is 2.34. The molecule has 1 aromatic heterocycles. The zero-order chi connectivity index (χ0) is 14.8. The monoisotopic (exact) mass is 307 g/mol. The van der Waals surface area contributed by atoms with Crippen LogP contribution in [-0.2, 0) is 16.0 Å². The zero-order valence-corrected chi connectivity index (χ0v) is 13.1. The van der Waals surface area contributed by atoms with Crippen molar-refractivity contribution >= 4 is 23.2 Å². The third-order valence-electron chi connectivity index (χ3n) is 4.32. The fourth-order valence-electron chi connectivity index (χ4n) is 3.24. The van der Waals surface area contributed by atoms with E-state index in [0.29, 0.717) is 25.7 Å². The third-order valence-corrected chi connectivity index (χ3v) is 5.32. The molecule has 0 saturated carbocycles. The second-order valence-electron chi connectivity index (χ2n) is 5.61. The van der Waals surface area contributed by atoms with Crippen molar-refractivity contribution in [2.24, 2.45) is 0 Å². The minimum absolute atomic E-state index is 0.0552. The quantitative estimate of drug-likeness (QED) is 0.907. The first-order valence-corrected chi connectivity index (χ1v) is 8.41. The maximum atomic E-state index is 12.4. The Morgan fingerprint density at radius 2 is 2.33 bits per heavy atom. The van der Waals surface area contributed by atoms with Crippen molar-refractivity contribution in [1.82, 2.24) is 15.1 Å². The maximum absolute atomic E-state index is 12.4. The summed E-state index contributed by atoms with van der Waals surface area (Å²) in [7, 11) is 0. The Kier molecular flexibility index (Phi) is 4.26. The van der Waals surface area contributed by atoms with Gasteiger partial charge < -0.3 is 10.2 Å². The van der Waals surface area contributed by atoms with Crippen LogP contribution in [-0.4, -0.2) is 54.3 Å². The summed E-state index contributed by atoms with van der Waals surface area (Å²) < 4.78 is 0. The van der Waals surface area contributed by atoms with E-state index in [4.69, 9.17) is 0 Å². The molecule has 0 bridgehead atoms. The Balaban J connectivity index is 1.67. The van der Waals surface area contributed by atoms with Gasteiger partial charge in [0.15, 0.2) is 0 Å². The van der Waals surface area contributed by atoms with E-state index in [1.807, 2.05) is 11.3 Å². The van der Waals surface area contributed by atoms with Gasteiger partial charge in [0.25, 0.3) is 0 Å². The Morgan fingerprint density at radius 3 is 3.10 bits per heavy atom. The lowest BCUT2D eigenvalue weighted by atomic mass is 9.98. The molecule has 5 nitrogen and oxygen atoms in total. The highest BCUT2D eigenvalue weighted by Gasteiger charge is 2.30. The summed E-state index contributed by atoms with van der Waals surface area (Å²) in [6.07, 6.45) is 2.04. The van der Waals surface area contributed by atoms with Crippen LogP contribution in [0, 0.1) is 0 Å². The second-order valence-corrected chi connectivity index (χ2v) is 6.61. The lowest BCUT2D eigenvalue weighted by Gasteiger charge is -2.36. The normalized spacial score (nSPS) is 22.8. The van der Waals surface area contributed by atoms with Crippen LogP contribution < -0.4 is 5.32 Å². The van der Waals surface area contributed by atoms with E-state index in [1.54, 1.807) is 4.90 Å². The first kappa shape index (κ1) is 14.5. The minimum atomic E-state index is -0.0552. The number of hydrogen-bond donors (Lipinski definition) is 1. The summed E-state index contributed by atoms with van der Waals surface area (Å²) in [6, 6.07) is 2.53. The summed E-state index contributed by atoms with van der Waals surface area (Å²) in [5.74, 6) is 0.0161. The van der Waals surface area contributed by atoms with Gasteiger partial charge in [0.2, 0.25) is 11.8 Å². The number of rotatable bonds is 3. The van der Waals surface area contributed by atoms with Crippen LogP contribution in [0.3, 0.4) is 0 Å². The largest absolute Gasteiger partial charge is 0.353 e. The van der Waals surface area contributed by atoms with Gasteiger partial charge >= 0.3 is 0 Å². The molecule has 1 fully saturated rings. The van der Waals surface area contributed by atoms with Gasteiger partial charge in [-0.15, -0.1) is 11.3 Å². The Hall–Kier alpha value is -1.40. The first-order valence-electron chi connectivity index (χ1n) is 7.54. The minimum Gasteiger partial charge on any atom is -0.353 e. The third kappa shape index (κ3) is 2.96. The Labute approximate surface area is 128 Å². The molecule has 1 N–H and O–H groups in total. The zero-order valence-electron chi connectivity index (χ0n) is 12.3. The molecule has 1 atom stereocenters. The first-order chi connectivity index (χ1) is 10.2. The molecule has 0 aromatic carbocycles. The van der Waals surface area contributed by atoms with E-state index in [1.165, 1.54) is 10.4 Å². The van der Waals surface area contributed by atoms with Crippen molar-refractivity contribution < 1.29 is 9.59 Å². The summed E-state index contributed by atoms with van der Waals surface area (Å²) in [4.78, 5) is 29.2. The lowest BCUT2D eigenvalue weighted by Crippen LogP contribution is -2.53. The number of fused-ring (bicyclic) bond motifs is 1. The highest BCUT2D eigenvalue weighted by molar-refractivity contribution is 7.10. The van der Waals surface area contributed by atoms with E-state index in [-0.39, 0.29) is 18.4 Å². The predicted molar refractivity (Wildman–Crippen MR) is 82.2 cm³/mol. The molecular weight excluding hydrogens is 286 g/mol. The van der Waals surface area contributed by atoms with Gasteiger partial charge in [0, 0.05) is 30.6 Å². The van der Waals surface area contributed by atoms with Gasteiger partial charge in [0.1, 0.15) is 0 Å². The molecule has 2 amide bonds.